The summed E-state index contributed by atoms with van der Waals surface area (Å²) in [6, 6.07) is 11.6. The number of rotatable bonds is 4. The van der Waals surface area contributed by atoms with Crippen molar-refractivity contribution in [3.8, 4) is 0 Å². The number of nitrogens with zero attached hydrogens (tertiary/aromatic N) is 1. The monoisotopic (exact) mass is 393 g/mol. The third-order valence-electron chi connectivity index (χ3n) is 6.20. The highest BCUT2D eigenvalue weighted by Gasteiger charge is 2.48. The Morgan fingerprint density at radius 1 is 1.00 bits per heavy atom. The highest BCUT2D eigenvalue weighted by atomic mass is 19.4. The summed E-state index contributed by atoms with van der Waals surface area (Å²) in [6.07, 6.45) is -2.45. The molecule has 6 heteroatoms. The van der Waals surface area contributed by atoms with Crippen molar-refractivity contribution in [3.05, 3.63) is 71.0 Å². The Kier molecular flexibility index (Phi) is 4.96. The van der Waals surface area contributed by atoms with Gasteiger partial charge < -0.3 is 10.0 Å². The zero-order valence-electron chi connectivity index (χ0n) is 15.4. The number of aliphatic hydroxyl groups is 1. The van der Waals surface area contributed by atoms with Gasteiger partial charge in [-0.25, -0.2) is 4.39 Å². The van der Waals surface area contributed by atoms with E-state index >= 15 is 0 Å². The third kappa shape index (κ3) is 3.94. The van der Waals surface area contributed by atoms with E-state index < -0.39 is 17.3 Å². The summed E-state index contributed by atoms with van der Waals surface area (Å²) in [4.78, 5) is 2.28. The van der Waals surface area contributed by atoms with E-state index in [1.807, 2.05) is 0 Å². The molecule has 0 bridgehead atoms. The van der Waals surface area contributed by atoms with E-state index in [2.05, 4.69) is 4.90 Å². The van der Waals surface area contributed by atoms with Gasteiger partial charge in [-0.2, -0.15) is 13.2 Å². The fraction of sp³-hybridized carbons (Fsp3) is 0.455. The maximum absolute atomic E-state index is 13.1. The zero-order valence-corrected chi connectivity index (χ0v) is 15.4. The van der Waals surface area contributed by atoms with Crippen LogP contribution in [0.2, 0.25) is 0 Å². The van der Waals surface area contributed by atoms with Gasteiger partial charge in [0, 0.05) is 19.6 Å². The SMILES string of the molecule is OC1(c2ccc(F)cc2)C[C@H]2CN(CCc3cccc(C(F)(F)F)c3)C[C@H]2C1. The summed E-state index contributed by atoms with van der Waals surface area (Å²) in [7, 11) is 0. The summed E-state index contributed by atoms with van der Waals surface area (Å²) in [5.74, 6) is 0.402. The number of alkyl halides is 3. The van der Waals surface area contributed by atoms with E-state index in [1.165, 1.54) is 24.3 Å². The Balaban J connectivity index is 1.34. The molecule has 1 aliphatic heterocycles. The van der Waals surface area contributed by atoms with Crippen LogP contribution in [0.25, 0.3) is 0 Å². The maximum Gasteiger partial charge on any atom is 0.416 e. The fourth-order valence-corrected chi connectivity index (χ4v) is 4.82. The molecule has 1 heterocycles. The molecule has 2 aromatic carbocycles. The molecule has 4 rings (SSSR count). The first-order valence-electron chi connectivity index (χ1n) is 9.60. The number of halogens is 4. The highest BCUT2D eigenvalue weighted by molar-refractivity contribution is 5.27. The first-order chi connectivity index (χ1) is 13.2. The molecule has 0 amide bonds. The minimum absolute atomic E-state index is 0.314. The fourth-order valence-electron chi connectivity index (χ4n) is 4.82. The van der Waals surface area contributed by atoms with Crippen molar-refractivity contribution < 1.29 is 22.7 Å². The van der Waals surface area contributed by atoms with Gasteiger partial charge in [0.1, 0.15) is 5.82 Å². The van der Waals surface area contributed by atoms with Gasteiger partial charge in [-0.15, -0.1) is 0 Å². The molecule has 28 heavy (non-hydrogen) atoms. The second-order valence-electron chi connectivity index (χ2n) is 8.17. The van der Waals surface area contributed by atoms with Crippen molar-refractivity contribution in [2.75, 3.05) is 19.6 Å². The standard InChI is InChI=1S/C22H23F4NO/c23-20-6-4-18(5-7-20)21(28)11-16-13-27(14-17(16)12-21)9-8-15-2-1-3-19(10-15)22(24,25)26/h1-7,10,16-17,28H,8-9,11-14H2/t16-,17+,21?. The molecule has 1 N–H and O–H groups in total. The van der Waals surface area contributed by atoms with Crippen molar-refractivity contribution in [2.24, 2.45) is 11.8 Å². The lowest BCUT2D eigenvalue weighted by Gasteiger charge is -2.26. The van der Waals surface area contributed by atoms with Crippen LogP contribution in [0.5, 0.6) is 0 Å². The average Bonchev–Trinajstić information content (AvgIpc) is 3.15. The van der Waals surface area contributed by atoms with E-state index in [0.717, 1.165) is 24.7 Å². The topological polar surface area (TPSA) is 23.5 Å². The van der Waals surface area contributed by atoms with Crippen LogP contribution < -0.4 is 0 Å². The van der Waals surface area contributed by atoms with Crippen LogP contribution in [-0.2, 0) is 18.2 Å². The highest BCUT2D eigenvalue weighted by Crippen LogP contribution is 2.48. The van der Waals surface area contributed by atoms with Crippen molar-refractivity contribution in [1.29, 1.82) is 0 Å². The Bertz CT molecular complexity index is 819. The van der Waals surface area contributed by atoms with Gasteiger partial charge in [0.25, 0.3) is 0 Å². The summed E-state index contributed by atoms with van der Waals surface area (Å²) < 4.78 is 51.7. The number of benzene rings is 2. The largest absolute Gasteiger partial charge is 0.416 e. The Hall–Kier alpha value is -1.92. The first kappa shape index (κ1) is 19.4. The van der Waals surface area contributed by atoms with E-state index in [-0.39, 0.29) is 5.82 Å². The average molecular weight is 393 g/mol. The van der Waals surface area contributed by atoms with Gasteiger partial charge in [0.15, 0.2) is 0 Å². The molecule has 2 nitrogen and oxygen atoms in total. The molecule has 2 aromatic rings. The van der Waals surface area contributed by atoms with Crippen molar-refractivity contribution in [3.63, 3.8) is 0 Å². The minimum Gasteiger partial charge on any atom is -0.385 e. The van der Waals surface area contributed by atoms with E-state index in [4.69, 9.17) is 0 Å². The minimum atomic E-state index is -4.31. The molecular formula is C22H23F4NO. The van der Waals surface area contributed by atoms with Gasteiger partial charge in [0.05, 0.1) is 11.2 Å². The van der Waals surface area contributed by atoms with E-state index in [0.29, 0.717) is 43.2 Å². The van der Waals surface area contributed by atoms with Gasteiger partial charge in [-0.3, -0.25) is 0 Å². The van der Waals surface area contributed by atoms with Gasteiger partial charge in [-0.05, 0) is 60.4 Å². The quantitative estimate of drug-likeness (QED) is 0.767. The van der Waals surface area contributed by atoms with Crippen molar-refractivity contribution in [2.45, 2.75) is 31.0 Å². The number of fused-ring (bicyclic) bond motifs is 1. The number of hydrogen-bond donors (Lipinski definition) is 1. The maximum atomic E-state index is 13.1. The van der Waals surface area contributed by atoms with E-state index in [1.54, 1.807) is 18.2 Å². The molecule has 1 unspecified atom stereocenters. The predicted octanol–water partition coefficient (Wildman–Crippen LogP) is 4.62. The second kappa shape index (κ2) is 7.16. The summed E-state index contributed by atoms with van der Waals surface area (Å²) in [5, 5.41) is 11.0. The van der Waals surface area contributed by atoms with Crippen LogP contribution in [0.4, 0.5) is 17.6 Å². The Morgan fingerprint density at radius 3 is 2.25 bits per heavy atom. The van der Waals surface area contributed by atoms with Crippen LogP contribution in [0.1, 0.15) is 29.5 Å². The van der Waals surface area contributed by atoms with Gasteiger partial charge in [-0.1, -0.05) is 30.3 Å². The van der Waals surface area contributed by atoms with Crippen LogP contribution in [0.3, 0.4) is 0 Å². The van der Waals surface area contributed by atoms with Crippen molar-refractivity contribution in [1.82, 2.24) is 4.90 Å². The molecule has 0 spiro atoms. The second-order valence-corrected chi connectivity index (χ2v) is 8.17. The molecule has 1 saturated heterocycles. The van der Waals surface area contributed by atoms with Gasteiger partial charge >= 0.3 is 6.18 Å². The molecule has 3 atom stereocenters. The summed E-state index contributed by atoms with van der Waals surface area (Å²) in [6.45, 7) is 2.39. The lowest BCUT2D eigenvalue weighted by atomic mass is 9.90. The van der Waals surface area contributed by atoms with Crippen LogP contribution >= 0.6 is 0 Å². The number of likely N-dealkylation sites (tertiary alicyclic amines) is 1. The number of hydrogen-bond acceptors (Lipinski definition) is 2. The molecule has 0 aromatic heterocycles. The molecule has 1 aliphatic carbocycles. The predicted molar refractivity (Wildman–Crippen MR) is 98.1 cm³/mol. The lowest BCUT2D eigenvalue weighted by molar-refractivity contribution is -0.137. The lowest BCUT2D eigenvalue weighted by Crippen LogP contribution is -2.29. The van der Waals surface area contributed by atoms with Crippen molar-refractivity contribution >= 4 is 0 Å². The normalized spacial score (nSPS) is 27.9. The molecular weight excluding hydrogens is 370 g/mol. The van der Waals surface area contributed by atoms with Crippen LogP contribution in [0.15, 0.2) is 48.5 Å². The molecule has 150 valence electrons. The summed E-state index contributed by atoms with van der Waals surface area (Å²) >= 11 is 0. The first-order valence-corrected chi connectivity index (χ1v) is 9.60. The zero-order chi connectivity index (χ0) is 19.9. The molecule has 0 radical (unpaired) electrons. The molecule has 2 aliphatic rings. The Labute approximate surface area is 161 Å². The smallest absolute Gasteiger partial charge is 0.385 e. The summed E-state index contributed by atoms with van der Waals surface area (Å²) in [5.41, 5.74) is -0.0583. The van der Waals surface area contributed by atoms with Crippen LogP contribution in [-0.4, -0.2) is 29.6 Å². The Morgan fingerprint density at radius 2 is 1.64 bits per heavy atom. The molecule has 1 saturated carbocycles. The third-order valence-corrected chi connectivity index (χ3v) is 6.20. The molecule has 2 fully saturated rings. The van der Waals surface area contributed by atoms with E-state index in [9.17, 15) is 22.7 Å². The van der Waals surface area contributed by atoms with Gasteiger partial charge in [0.2, 0.25) is 0 Å². The van der Waals surface area contributed by atoms with Crippen LogP contribution in [0, 0.1) is 17.7 Å².